The van der Waals surface area contributed by atoms with Gasteiger partial charge in [-0.15, -0.1) is 6.42 Å². The first-order valence-corrected chi connectivity index (χ1v) is 12.9. The maximum absolute atomic E-state index is 14.4. The van der Waals surface area contributed by atoms with Gasteiger partial charge in [-0.25, -0.2) is 4.98 Å². The van der Waals surface area contributed by atoms with Gasteiger partial charge in [0.25, 0.3) is 5.56 Å². The summed E-state index contributed by atoms with van der Waals surface area (Å²) in [5, 5.41) is 0.761. The van der Waals surface area contributed by atoms with Crippen LogP contribution in [0.2, 0.25) is 0 Å². The van der Waals surface area contributed by atoms with Gasteiger partial charge in [-0.2, -0.15) is 0 Å². The third-order valence-corrected chi connectivity index (χ3v) is 8.40. The lowest BCUT2D eigenvalue weighted by Crippen LogP contribution is -2.45. The van der Waals surface area contributed by atoms with Crippen LogP contribution in [0.5, 0.6) is 0 Å². The van der Waals surface area contributed by atoms with Crippen LogP contribution < -0.4 is 5.56 Å². The van der Waals surface area contributed by atoms with Crippen LogP contribution in [0.1, 0.15) is 76.0 Å². The molecule has 0 N–H and O–H groups in total. The molecular formula is C27H32N2O2S. The number of hydrogen-bond donors (Lipinski definition) is 0. The molecule has 0 bridgehead atoms. The number of hydrogen-bond acceptors (Lipinski definition) is 4. The molecule has 2 aliphatic carbocycles. The summed E-state index contributed by atoms with van der Waals surface area (Å²) in [6.07, 6.45) is 13.9. The fraction of sp³-hybridized carbons (Fsp3) is 0.556. The van der Waals surface area contributed by atoms with E-state index in [0.717, 1.165) is 54.1 Å². The summed E-state index contributed by atoms with van der Waals surface area (Å²) in [5.41, 5.74) is 4.13. The Hall–Kier alpha value is -2.03. The molecular weight excluding hydrogens is 416 g/mol. The number of rotatable bonds is 3. The first kappa shape index (κ1) is 21.8. The molecule has 1 aromatic carbocycles. The highest BCUT2D eigenvalue weighted by molar-refractivity contribution is 7.99. The minimum atomic E-state index is -0.249. The first-order chi connectivity index (χ1) is 15.4. The second kappa shape index (κ2) is 8.39. The monoisotopic (exact) mass is 448 g/mol. The topological polar surface area (TPSA) is 44.1 Å². The third-order valence-electron chi connectivity index (χ3n) is 7.55. The van der Waals surface area contributed by atoms with Crippen LogP contribution in [-0.4, -0.2) is 27.5 Å². The van der Waals surface area contributed by atoms with Gasteiger partial charge in [-0.05, 0) is 51.5 Å². The molecule has 4 nitrogen and oxygen atoms in total. The highest BCUT2D eigenvalue weighted by Gasteiger charge is 2.44. The second-order valence-electron chi connectivity index (χ2n) is 10.2. The van der Waals surface area contributed by atoms with Crippen LogP contribution in [-0.2, 0) is 16.6 Å². The normalized spacial score (nSPS) is 23.2. The van der Waals surface area contributed by atoms with Crippen LogP contribution in [0.3, 0.4) is 0 Å². The Morgan fingerprint density at radius 1 is 1.25 bits per heavy atom. The van der Waals surface area contributed by atoms with Gasteiger partial charge in [0.15, 0.2) is 5.16 Å². The van der Waals surface area contributed by atoms with Crippen LogP contribution in [0.15, 0.2) is 34.2 Å². The van der Waals surface area contributed by atoms with E-state index in [2.05, 4.69) is 44.0 Å². The predicted molar refractivity (Wildman–Crippen MR) is 130 cm³/mol. The minimum Gasteiger partial charge on any atom is -0.375 e. The molecule has 1 spiro atoms. The quantitative estimate of drug-likeness (QED) is 0.352. The Morgan fingerprint density at radius 2 is 2.03 bits per heavy atom. The van der Waals surface area contributed by atoms with Gasteiger partial charge >= 0.3 is 0 Å². The van der Waals surface area contributed by atoms with Crippen LogP contribution in [0, 0.1) is 12.3 Å². The highest BCUT2D eigenvalue weighted by atomic mass is 32.2. The third kappa shape index (κ3) is 3.72. The number of nitrogens with zero attached hydrogens (tertiary/aromatic N) is 2. The fourth-order valence-corrected chi connectivity index (χ4v) is 6.89. The van der Waals surface area contributed by atoms with Crippen molar-refractivity contribution in [2.45, 2.75) is 87.4 Å². The summed E-state index contributed by atoms with van der Waals surface area (Å²) in [6.45, 7) is 4.89. The molecule has 0 unspecified atom stereocenters. The zero-order valence-electron chi connectivity index (χ0n) is 19.2. The van der Waals surface area contributed by atoms with E-state index in [0.29, 0.717) is 12.4 Å². The van der Waals surface area contributed by atoms with Crippen molar-refractivity contribution in [1.82, 2.24) is 9.55 Å². The van der Waals surface area contributed by atoms with Crippen molar-refractivity contribution in [2.24, 2.45) is 0 Å². The zero-order valence-corrected chi connectivity index (χ0v) is 20.0. The van der Waals surface area contributed by atoms with E-state index >= 15 is 0 Å². The SMILES string of the molecule is C#CCSc1nc2c(c(=O)n1[C@H]1CCOC(C)(C)C1)C1(CCCCC1)Cc1ccccc1-2. The lowest BCUT2D eigenvalue weighted by molar-refractivity contribution is -0.0710. The van der Waals surface area contributed by atoms with E-state index in [9.17, 15) is 4.79 Å². The molecule has 1 aliphatic heterocycles. The van der Waals surface area contributed by atoms with Gasteiger partial charge in [0, 0.05) is 23.6 Å². The average molecular weight is 449 g/mol. The summed E-state index contributed by atoms with van der Waals surface area (Å²) in [4.78, 5) is 19.6. The molecule has 5 heteroatoms. The number of thioether (sulfide) groups is 1. The molecule has 5 rings (SSSR count). The van der Waals surface area contributed by atoms with Crippen molar-refractivity contribution in [2.75, 3.05) is 12.4 Å². The molecule has 1 saturated heterocycles. The van der Waals surface area contributed by atoms with E-state index in [1.807, 2.05) is 4.57 Å². The average Bonchev–Trinajstić information content (AvgIpc) is 2.77. The van der Waals surface area contributed by atoms with Gasteiger partial charge in [-0.1, -0.05) is 61.2 Å². The van der Waals surface area contributed by atoms with Gasteiger partial charge in [0.2, 0.25) is 0 Å². The molecule has 1 atom stereocenters. The minimum absolute atomic E-state index is 0.0853. The number of terminal acetylenes is 1. The molecule has 2 heterocycles. The van der Waals surface area contributed by atoms with E-state index in [1.165, 1.54) is 36.6 Å². The molecule has 2 aromatic rings. The lowest BCUT2D eigenvalue weighted by Gasteiger charge is -2.43. The Labute approximate surface area is 195 Å². The summed E-state index contributed by atoms with van der Waals surface area (Å²) in [7, 11) is 0. The Balaban J connectivity index is 1.75. The molecule has 32 heavy (non-hydrogen) atoms. The van der Waals surface area contributed by atoms with Gasteiger partial charge in [0.1, 0.15) is 0 Å². The molecule has 2 fully saturated rings. The van der Waals surface area contributed by atoms with Crippen LogP contribution >= 0.6 is 11.8 Å². The van der Waals surface area contributed by atoms with Crippen molar-refractivity contribution in [1.29, 1.82) is 0 Å². The van der Waals surface area contributed by atoms with E-state index < -0.39 is 0 Å². The van der Waals surface area contributed by atoms with Crippen molar-refractivity contribution in [3.63, 3.8) is 0 Å². The number of benzene rings is 1. The van der Waals surface area contributed by atoms with E-state index in [-0.39, 0.29) is 22.6 Å². The second-order valence-corrected chi connectivity index (χ2v) is 11.2. The van der Waals surface area contributed by atoms with E-state index in [4.69, 9.17) is 16.1 Å². The lowest BCUT2D eigenvalue weighted by atomic mass is 9.62. The Bertz CT molecular complexity index is 1120. The standard InChI is InChI=1S/C27H32N2O2S/c1-4-16-32-25-28-23-21-11-7-6-10-19(21)17-27(13-8-5-9-14-27)22(23)24(30)29(25)20-12-15-31-26(2,3)18-20/h1,6-7,10-11,20H,5,8-9,12-18H2,2-3H3/t20-/m0/s1. The predicted octanol–water partition coefficient (Wildman–Crippen LogP) is 5.52. The highest BCUT2D eigenvalue weighted by Crippen LogP contribution is 2.49. The number of ether oxygens (including phenoxy) is 1. The smallest absolute Gasteiger partial charge is 0.258 e. The maximum Gasteiger partial charge on any atom is 0.258 e. The summed E-state index contributed by atoms with van der Waals surface area (Å²) >= 11 is 1.51. The fourth-order valence-electron chi connectivity index (χ4n) is 6.15. The first-order valence-electron chi connectivity index (χ1n) is 11.9. The number of aromatic nitrogens is 2. The van der Waals surface area contributed by atoms with Gasteiger partial charge in [-0.3, -0.25) is 9.36 Å². The zero-order chi connectivity index (χ0) is 22.3. The van der Waals surface area contributed by atoms with Crippen molar-refractivity contribution < 1.29 is 4.74 Å². The van der Waals surface area contributed by atoms with Gasteiger partial charge < -0.3 is 4.74 Å². The number of fused-ring (bicyclic) bond motifs is 4. The molecule has 0 amide bonds. The van der Waals surface area contributed by atoms with Crippen molar-refractivity contribution in [3.05, 3.63) is 45.7 Å². The molecule has 1 saturated carbocycles. The maximum atomic E-state index is 14.4. The molecule has 3 aliphatic rings. The molecule has 168 valence electrons. The summed E-state index contributed by atoms with van der Waals surface area (Å²) in [6, 6.07) is 8.61. The van der Waals surface area contributed by atoms with Crippen LogP contribution in [0.4, 0.5) is 0 Å². The molecule has 0 radical (unpaired) electrons. The van der Waals surface area contributed by atoms with Crippen LogP contribution in [0.25, 0.3) is 11.3 Å². The Kier molecular flexibility index (Phi) is 5.72. The van der Waals surface area contributed by atoms with Gasteiger partial charge in [0.05, 0.1) is 22.6 Å². The largest absolute Gasteiger partial charge is 0.375 e. The van der Waals surface area contributed by atoms with Crippen molar-refractivity contribution in [3.8, 4) is 23.6 Å². The van der Waals surface area contributed by atoms with Crippen molar-refractivity contribution >= 4 is 11.8 Å². The summed E-state index contributed by atoms with van der Waals surface area (Å²) in [5.74, 6) is 3.23. The Morgan fingerprint density at radius 3 is 2.78 bits per heavy atom. The molecule has 1 aromatic heterocycles. The summed E-state index contributed by atoms with van der Waals surface area (Å²) < 4.78 is 7.97. The van der Waals surface area contributed by atoms with E-state index in [1.54, 1.807) is 0 Å².